The molecular formula is C20H26ClF3N2O3S. The number of hydrogen-bond donors (Lipinski definition) is 1. The molecule has 1 aliphatic carbocycles. The summed E-state index contributed by atoms with van der Waals surface area (Å²) in [7, 11) is -4.10. The van der Waals surface area contributed by atoms with Gasteiger partial charge in [0.2, 0.25) is 15.9 Å². The molecule has 1 aromatic carbocycles. The van der Waals surface area contributed by atoms with Gasteiger partial charge in [-0.15, -0.1) is 0 Å². The zero-order chi connectivity index (χ0) is 22.1. The number of nitrogens with one attached hydrogen (secondary N) is 1. The maximum Gasteiger partial charge on any atom is 0.417 e. The van der Waals surface area contributed by atoms with Crippen LogP contribution in [0, 0.1) is 11.8 Å². The lowest BCUT2D eigenvalue weighted by atomic mass is 9.86. The summed E-state index contributed by atoms with van der Waals surface area (Å²) in [6.45, 7) is 2.35. The van der Waals surface area contributed by atoms with Crippen molar-refractivity contribution >= 4 is 27.5 Å². The first-order valence-corrected chi connectivity index (χ1v) is 12.0. The van der Waals surface area contributed by atoms with Crippen LogP contribution in [-0.4, -0.2) is 37.8 Å². The van der Waals surface area contributed by atoms with Crippen LogP contribution in [0.1, 0.15) is 51.0 Å². The van der Waals surface area contributed by atoms with Crippen LogP contribution in [-0.2, 0) is 21.0 Å². The normalized spacial score (nSPS) is 24.6. The minimum absolute atomic E-state index is 0.0583. The van der Waals surface area contributed by atoms with Crippen LogP contribution in [0.3, 0.4) is 0 Å². The first-order chi connectivity index (χ1) is 14.0. The van der Waals surface area contributed by atoms with Gasteiger partial charge < -0.3 is 5.32 Å². The number of alkyl halides is 3. The molecule has 1 aliphatic heterocycles. The van der Waals surface area contributed by atoms with Crippen LogP contribution in [0.25, 0.3) is 0 Å². The minimum atomic E-state index is -4.75. The molecule has 2 unspecified atom stereocenters. The lowest BCUT2D eigenvalue weighted by Gasteiger charge is -2.33. The zero-order valence-corrected chi connectivity index (χ0v) is 18.3. The van der Waals surface area contributed by atoms with Gasteiger partial charge in [-0.05, 0) is 49.8 Å². The van der Waals surface area contributed by atoms with Crippen LogP contribution < -0.4 is 5.32 Å². The first-order valence-electron chi connectivity index (χ1n) is 10.2. The van der Waals surface area contributed by atoms with E-state index in [9.17, 15) is 26.4 Å². The highest BCUT2D eigenvalue weighted by atomic mass is 35.5. The average molecular weight is 467 g/mol. The molecule has 1 amide bonds. The van der Waals surface area contributed by atoms with Crippen molar-refractivity contribution in [2.45, 2.75) is 62.6 Å². The van der Waals surface area contributed by atoms with Gasteiger partial charge in [0.25, 0.3) is 0 Å². The highest BCUT2D eigenvalue weighted by Gasteiger charge is 2.37. The van der Waals surface area contributed by atoms with Gasteiger partial charge in [-0.3, -0.25) is 4.79 Å². The van der Waals surface area contributed by atoms with Gasteiger partial charge in [-0.25, -0.2) is 8.42 Å². The molecule has 2 atom stereocenters. The van der Waals surface area contributed by atoms with E-state index in [0.717, 1.165) is 35.7 Å². The Hall–Kier alpha value is -1.32. The number of sulfonamides is 1. The molecule has 3 rings (SSSR count). The van der Waals surface area contributed by atoms with Crippen molar-refractivity contribution < 1.29 is 26.4 Å². The summed E-state index contributed by atoms with van der Waals surface area (Å²) in [4.78, 5) is 12.1. The molecule has 5 nitrogen and oxygen atoms in total. The van der Waals surface area contributed by atoms with E-state index in [1.165, 1.54) is 6.42 Å². The smallest absolute Gasteiger partial charge is 0.353 e. The van der Waals surface area contributed by atoms with E-state index in [-0.39, 0.29) is 31.0 Å². The Morgan fingerprint density at radius 3 is 2.43 bits per heavy atom. The summed E-state index contributed by atoms with van der Waals surface area (Å²) in [6.07, 6.45) is 0.107. The van der Waals surface area contributed by atoms with Crippen LogP contribution in [0.15, 0.2) is 23.1 Å². The number of carbonyl (C=O) groups is 1. The molecule has 30 heavy (non-hydrogen) atoms. The molecule has 0 aromatic heterocycles. The summed E-state index contributed by atoms with van der Waals surface area (Å²) in [5.74, 6) is 0.235. The summed E-state index contributed by atoms with van der Waals surface area (Å²) < 4.78 is 66.0. The van der Waals surface area contributed by atoms with E-state index in [1.807, 2.05) is 0 Å². The fourth-order valence-corrected chi connectivity index (χ4v) is 5.99. The molecule has 2 fully saturated rings. The summed E-state index contributed by atoms with van der Waals surface area (Å²) in [6, 6.07) is 2.76. The van der Waals surface area contributed by atoms with Crippen LogP contribution >= 0.6 is 11.6 Å². The maximum atomic E-state index is 13.1. The molecule has 1 heterocycles. The Labute approximate surface area is 180 Å². The minimum Gasteiger partial charge on any atom is -0.353 e. The fraction of sp³-hybridized carbons (Fsp3) is 0.650. The standard InChI is InChI=1S/C20H26ClF3N2O3S/c1-13-3-2-4-15(11-13)25-19(27)14-7-9-26(10-8-14)30(28,29)16-5-6-18(21)17(12-16)20(22,23)24/h5-6,12-15H,2-4,7-11H2,1H3,(H,25,27). The van der Waals surface area contributed by atoms with Crippen molar-refractivity contribution in [3.63, 3.8) is 0 Å². The number of hydrogen-bond acceptors (Lipinski definition) is 3. The van der Waals surface area contributed by atoms with E-state index >= 15 is 0 Å². The van der Waals surface area contributed by atoms with E-state index in [1.54, 1.807) is 0 Å². The second-order valence-corrected chi connectivity index (χ2v) is 10.6. The van der Waals surface area contributed by atoms with E-state index < -0.39 is 31.7 Å². The van der Waals surface area contributed by atoms with Crippen molar-refractivity contribution in [1.29, 1.82) is 0 Å². The number of amides is 1. The van der Waals surface area contributed by atoms with Crippen LogP contribution in [0.4, 0.5) is 13.2 Å². The van der Waals surface area contributed by atoms with Crippen molar-refractivity contribution in [3.05, 3.63) is 28.8 Å². The molecule has 10 heteroatoms. The van der Waals surface area contributed by atoms with Crippen LogP contribution in [0.5, 0.6) is 0 Å². The molecule has 1 saturated carbocycles. The van der Waals surface area contributed by atoms with E-state index in [4.69, 9.17) is 11.6 Å². The van der Waals surface area contributed by atoms with Gasteiger partial charge >= 0.3 is 6.18 Å². The number of nitrogens with zero attached hydrogens (tertiary/aromatic N) is 1. The molecule has 0 bridgehead atoms. The Morgan fingerprint density at radius 1 is 1.17 bits per heavy atom. The van der Waals surface area contributed by atoms with E-state index in [2.05, 4.69) is 12.2 Å². The average Bonchev–Trinajstić information content (AvgIpc) is 2.67. The van der Waals surface area contributed by atoms with Crippen molar-refractivity contribution in [3.8, 4) is 0 Å². The van der Waals surface area contributed by atoms with Gasteiger partial charge in [-0.2, -0.15) is 17.5 Å². The number of carbonyl (C=O) groups excluding carboxylic acids is 1. The Balaban J connectivity index is 1.63. The van der Waals surface area contributed by atoms with Gasteiger partial charge in [0.05, 0.1) is 15.5 Å². The van der Waals surface area contributed by atoms with Gasteiger partial charge in [0.1, 0.15) is 0 Å². The fourth-order valence-electron chi connectivity index (χ4n) is 4.27. The maximum absolute atomic E-state index is 13.1. The van der Waals surface area contributed by atoms with Gasteiger partial charge in [0, 0.05) is 25.0 Å². The predicted octanol–water partition coefficient (Wildman–Crippen LogP) is 4.45. The molecular weight excluding hydrogens is 441 g/mol. The second kappa shape index (κ2) is 9.04. The first kappa shape index (κ1) is 23.3. The number of piperidine rings is 1. The lowest BCUT2D eigenvalue weighted by Crippen LogP contribution is -2.46. The number of rotatable bonds is 4. The monoisotopic (exact) mass is 466 g/mol. The van der Waals surface area contributed by atoms with Gasteiger partial charge in [-0.1, -0.05) is 31.4 Å². The molecule has 168 valence electrons. The topological polar surface area (TPSA) is 66.5 Å². The number of benzene rings is 1. The Kier molecular flexibility index (Phi) is 7.04. The second-order valence-electron chi connectivity index (χ2n) is 8.30. The number of halogens is 4. The van der Waals surface area contributed by atoms with Crippen molar-refractivity contribution in [2.24, 2.45) is 11.8 Å². The predicted molar refractivity (Wildman–Crippen MR) is 107 cm³/mol. The zero-order valence-electron chi connectivity index (χ0n) is 16.7. The highest BCUT2D eigenvalue weighted by molar-refractivity contribution is 7.89. The van der Waals surface area contributed by atoms with Crippen molar-refractivity contribution in [2.75, 3.05) is 13.1 Å². The third-order valence-electron chi connectivity index (χ3n) is 5.99. The third-order valence-corrected chi connectivity index (χ3v) is 8.21. The molecule has 0 spiro atoms. The third kappa shape index (κ3) is 5.29. The van der Waals surface area contributed by atoms with Crippen LogP contribution in [0.2, 0.25) is 5.02 Å². The van der Waals surface area contributed by atoms with Crippen molar-refractivity contribution in [1.82, 2.24) is 9.62 Å². The molecule has 0 radical (unpaired) electrons. The summed E-state index contributed by atoms with van der Waals surface area (Å²) in [5, 5.41) is 2.54. The Bertz CT molecular complexity index is 884. The summed E-state index contributed by atoms with van der Waals surface area (Å²) >= 11 is 5.59. The van der Waals surface area contributed by atoms with Gasteiger partial charge in [0.15, 0.2) is 0 Å². The molecule has 2 aliphatic rings. The molecule has 1 N–H and O–H groups in total. The highest BCUT2D eigenvalue weighted by Crippen LogP contribution is 2.37. The lowest BCUT2D eigenvalue weighted by molar-refractivity contribution is -0.137. The summed E-state index contributed by atoms with van der Waals surface area (Å²) in [5.41, 5.74) is -1.18. The van der Waals surface area contributed by atoms with E-state index in [0.29, 0.717) is 24.8 Å². The Morgan fingerprint density at radius 2 is 1.83 bits per heavy atom. The molecule has 1 aromatic rings. The quantitative estimate of drug-likeness (QED) is 0.712. The molecule has 1 saturated heterocycles. The largest absolute Gasteiger partial charge is 0.417 e. The SMILES string of the molecule is CC1CCCC(NC(=O)C2CCN(S(=O)(=O)c3ccc(Cl)c(C(F)(F)F)c3)CC2)C1.